The number of rotatable bonds is 26. The maximum atomic E-state index is 6.45. The summed E-state index contributed by atoms with van der Waals surface area (Å²) in [6, 6.07) is 42.8. The molecule has 0 unspecified atom stereocenters. The Morgan fingerprint density at radius 1 is 0.337 bits per heavy atom. The summed E-state index contributed by atoms with van der Waals surface area (Å²) in [6.45, 7) is 18.3. The minimum absolute atomic E-state index is 0.620. The normalized spacial score (nSPS) is 16.7. The smallest absolute Gasteiger partial charge is 0.137 e. The van der Waals surface area contributed by atoms with Crippen LogP contribution in [0.25, 0.3) is 90.9 Å². The molecule has 12 rings (SSSR count). The van der Waals surface area contributed by atoms with Crippen LogP contribution in [0, 0.1) is 0 Å². The van der Waals surface area contributed by atoms with Gasteiger partial charge < -0.3 is 56.6 Å². The molecule has 0 spiro atoms. The van der Waals surface area contributed by atoms with E-state index >= 15 is 0 Å². The van der Waals surface area contributed by atoms with Crippen LogP contribution in [0.3, 0.4) is 0 Å². The first kappa shape index (κ1) is 61.7. The number of likely N-dealkylation sites (N-methyl/N-ethyl adjacent to an activating group) is 3. The maximum absolute atomic E-state index is 6.45. The number of H-pyrrole nitrogens is 2. The number of morpholine rings is 3. The predicted octanol–water partition coefficient (Wildman–Crippen LogP) is 14.4. The van der Waals surface area contributed by atoms with Crippen molar-refractivity contribution < 1.29 is 46.6 Å². The zero-order chi connectivity index (χ0) is 60.9. The van der Waals surface area contributed by atoms with Crippen LogP contribution in [-0.4, -0.2) is 179 Å². The Kier molecular flexibility index (Phi) is 20.1. The van der Waals surface area contributed by atoms with E-state index in [1.807, 2.05) is 0 Å². The Labute approximate surface area is 526 Å². The zero-order valence-electron chi connectivity index (χ0n) is 53.0. The molecule has 2 N–H and O–H groups in total. The molecule has 4 aromatic carbocycles. The third kappa shape index (κ3) is 15.5. The highest BCUT2D eigenvalue weighted by Gasteiger charge is 2.28. The molecule has 14 nitrogen and oxygen atoms in total. The SMILES string of the molecule is CCCCCCCCCCOc1ccc(-c2c3ccc([nH]3)c(-c3ccc(OCC[N+]4(C)CCOCC4)cc3)c3nc(c(-c4ccc(OCC[N+]5(C)CCOCC5)cc4)c4nc(c(-c5ccc(OCC[N+]6(C)CCOCC6)cc5)c5ccc2[nH]5)C=C4)C=C3)cc1. The van der Waals surface area contributed by atoms with Gasteiger partial charge in [0.15, 0.2) is 0 Å². The number of fused-ring (bicyclic) bond motifs is 8. The lowest BCUT2D eigenvalue weighted by atomic mass is 10.0. The molecule has 0 radical (unpaired) electrons. The number of nitrogens with one attached hydrogen (secondary N) is 2. The lowest BCUT2D eigenvalue weighted by Crippen LogP contribution is -2.53. The molecule has 466 valence electrons. The van der Waals surface area contributed by atoms with E-state index in [1.54, 1.807) is 0 Å². The number of aromatic nitrogens is 4. The Bertz CT molecular complexity index is 3530. The summed E-state index contributed by atoms with van der Waals surface area (Å²) < 4.78 is 45.6. The van der Waals surface area contributed by atoms with Gasteiger partial charge in [-0.15, -0.1) is 0 Å². The number of hydrogen-bond acceptors (Lipinski definition) is 9. The van der Waals surface area contributed by atoms with Gasteiger partial charge in [0.1, 0.15) is 102 Å². The van der Waals surface area contributed by atoms with Gasteiger partial charge in [0.2, 0.25) is 0 Å². The minimum atomic E-state index is 0.620. The summed E-state index contributed by atoms with van der Waals surface area (Å²) in [5.74, 6) is 3.37. The van der Waals surface area contributed by atoms with E-state index in [-0.39, 0.29) is 0 Å². The van der Waals surface area contributed by atoms with E-state index in [1.165, 1.54) is 44.9 Å². The monoisotopic (exact) mass is 1200 g/mol. The van der Waals surface area contributed by atoms with Crippen molar-refractivity contribution in [3.63, 3.8) is 0 Å². The second-order valence-electron chi connectivity index (χ2n) is 25.7. The minimum Gasteiger partial charge on any atom is -0.494 e. The average Bonchev–Trinajstić information content (AvgIpc) is 1.81. The summed E-state index contributed by atoms with van der Waals surface area (Å²) >= 11 is 0. The number of quaternary nitrogens is 3. The lowest BCUT2D eigenvalue weighted by Gasteiger charge is -2.37. The van der Waals surface area contributed by atoms with Crippen LogP contribution in [0.5, 0.6) is 23.0 Å². The molecule has 0 aliphatic carbocycles. The number of benzene rings is 4. The van der Waals surface area contributed by atoms with E-state index in [4.69, 9.17) is 43.1 Å². The largest absolute Gasteiger partial charge is 0.494 e. The van der Waals surface area contributed by atoms with Crippen molar-refractivity contribution in [3.8, 4) is 67.5 Å². The van der Waals surface area contributed by atoms with Crippen molar-refractivity contribution in [3.05, 3.63) is 144 Å². The van der Waals surface area contributed by atoms with E-state index in [9.17, 15) is 0 Å². The molecule has 3 aromatic heterocycles. The Hall–Kier alpha value is -7.56. The van der Waals surface area contributed by atoms with E-state index in [0.29, 0.717) is 26.4 Å². The third-order valence-electron chi connectivity index (χ3n) is 18.9. The van der Waals surface area contributed by atoms with E-state index in [0.717, 1.165) is 231 Å². The van der Waals surface area contributed by atoms with Crippen molar-refractivity contribution in [1.29, 1.82) is 0 Å². The van der Waals surface area contributed by atoms with Crippen molar-refractivity contribution >= 4 is 46.4 Å². The first-order chi connectivity index (χ1) is 43.6. The van der Waals surface area contributed by atoms with Crippen LogP contribution in [0.15, 0.2) is 121 Å². The van der Waals surface area contributed by atoms with Crippen LogP contribution in [-0.2, 0) is 14.2 Å². The number of hydrogen-bond donors (Lipinski definition) is 2. The quantitative estimate of drug-likeness (QED) is 0.0403. The van der Waals surface area contributed by atoms with Gasteiger partial charge in [-0.05, 0) is 126 Å². The predicted molar refractivity (Wildman–Crippen MR) is 360 cm³/mol. The van der Waals surface area contributed by atoms with Gasteiger partial charge in [-0.3, -0.25) is 0 Å². The molecule has 8 heterocycles. The fourth-order valence-corrected chi connectivity index (χ4v) is 12.9. The highest BCUT2D eigenvalue weighted by molar-refractivity contribution is 6.00. The Morgan fingerprint density at radius 2 is 0.618 bits per heavy atom. The van der Waals surface area contributed by atoms with Crippen LogP contribution >= 0.6 is 0 Å². The van der Waals surface area contributed by atoms with Crippen LogP contribution in [0.2, 0.25) is 0 Å². The van der Waals surface area contributed by atoms with E-state index in [2.05, 4.69) is 184 Å². The fourth-order valence-electron chi connectivity index (χ4n) is 12.9. The summed E-state index contributed by atoms with van der Waals surface area (Å²) in [6.07, 6.45) is 18.7. The zero-order valence-corrected chi connectivity index (χ0v) is 53.0. The number of nitrogens with zero attached hydrogens (tertiary/aromatic N) is 5. The molecule has 89 heavy (non-hydrogen) atoms. The number of unbranched alkanes of at least 4 members (excludes halogenated alkanes) is 7. The molecule has 0 amide bonds. The molecule has 3 saturated heterocycles. The first-order valence-corrected chi connectivity index (χ1v) is 32.9. The summed E-state index contributed by atoms with van der Waals surface area (Å²) in [4.78, 5) is 19.1. The molecule has 5 aliphatic rings. The Morgan fingerprint density at radius 3 is 0.966 bits per heavy atom. The van der Waals surface area contributed by atoms with Gasteiger partial charge in [-0.2, -0.15) is 0 Å². The standard InChI is InChI=1S/C75H92N7O7/c1-5-6-7-8-9-10-11-12-46-86-60-21-13-56(14-22-60)72-64-29-31-66(76-64)73(57-15-23-61(24-16-57)87-53-43-80(2)37-47-83-48-38-80)68-33-35-70(78-68)75(59-19-27-63(28-20-59)89-55-45-82(4)41-51-85-52-42-82)71-36-34-69(79-71)74(67-32-30-65(72)77-67)58-17-25-62(26-18-58)88-54-44-81(3)39-49-84-50-40-81/h13-36,76-77H,5-12,37-55H2,1-4H3/q+3. The molecule has 0 saturated carbocycles. The highest BCUT2D eigenvalue weighted by Crippen LogP contribution is 2.40. The fraction of sp³-hybridized carbons (Fsp3) is 0.413. The van der Waals surface area contributed by atoms with Crippen LogP contribution < -0.4 is 18.9 Å². The third-order valence-corrected chi connectivity index (χ3v) is 18.9. The summed E-state index contributed by atoms with van der Waals surface area (Å²) in [5.41, 5.74) is 15.0. The molecule has 5 aliphatic heterocycles. The van der Waals surface area contributed by atoms with Crippen molar-refractivity contribution in [2.45, 2.75) is 58.3 Å². The molecule has 3 fully saturated rings. The first-order valence-electron chi connectivity index (χ1n) is 32.9. The molecule has 0 atom stereocenters. The maximum Gasteiger partial charge on any atom is 0.137 e. The summed E-state index contributed by atoms with van der Waals surface area (Å²) in [5, 5.41) is 0. The van der Waals surface area contributed by atoms with Gasteiger partial charge in [-0.25, -0.2) is 9.97 Å². The van der Waals surface area contributed by atoms with Gasteiger partial charge in [0.25, 0.3) is 0 Å². The number of aromatic amines is 2. The van der Waals surface area contributed by atoms with Crippen molar-refractivity contribution in [2.75, 3.05) is 146 Å². The van der Waals surface area contributed by atoms with Crippen LogP contribution in [0.1, 0.15) is 81.1 Å². The van der Waals surface area contributed by atoms with Gasteiger partial charge >= 0.3 is 0 Å². The second-order valence-corrected chi connectivity index (χ2v) is 25.7. The highest BCUT2D eigenvalue weighted by atomic mass is 16.5. The van der Waals surface area contributed by atoms with Crippen molar-refractivity contribution in [2.24, 2.45) is 0 Å². The van der Waals surface area contributed by atoms with Gasteiger partial charge in [-0.1, -0.05) is 100 Å². The van der Waals surface area contributed by atoms with Gasteiger partial charge in [0, 0.05) is 44.3 Å². The lowest BCUT2D eigenvalue weighted by molar-refractivity contribution is -0.916. The molecular weight excluding hydrogens is 1110 g/mol. The molecule has 7 aromatic rings. The topological polar surface area (TPSA) is 122 Å². The van der Waals surface area contributed by atoms with Crippen LogP contribution in [0.4, 0.5) is 0 Å². The molecule has 8 bridgehead atoms. The summed E-state index contributed by atoms with van der Waals surface area (Å²) in [7, 11) is 6.89. The van der Waals surface area contributed by atoms with Crippen molar-refractivity contribution in [1.82, 2.24) is 19.9 Å². The van der Waals surface area contributed by atoms with E-state index < -0.39 is 0 Å². The molecular formula is C75H92N7O7+3. The van der Waals surface area contributed by atoms with Gasteiger partial charge in [0.05, 0.1) is 90.2 Å². The Balaban J connectivity index is 0.959. The number of ether oxygens (including phenoxy) is 7. The second kappa shape index (κ2) is 28.9. The average molecular weight is 1200 g/mol. The molecule has 14 heteroatoms.